The number of fused-ring (bicyclic) bond motifs is 3. The molecular weight excluding hydrogens is 631 g/mol. The van der Waals surface area contributed by atoms with Crippen LogP contribution < -0.4 is 0 Å². The van der Waals surface area contributed by atoms with Gasteiger partial charge in [-0.2, -0.15) is 0 Å². The van der Waals surface area contributed by atoms with Crippen molar-refractivity contribution in [3.05, 3.63) is 187 Å². The summed E-state index contributed by atoms with van der Waals surface area (Å²) in [5.74, 6) is 0.713. The third-order valence-corrected chi connectivity index (χ3v) is 9.86. The molecule has 0 radical (unpaired) electrons. The Morgan fingerprint density at radius 2 is 0.827 bits per heavy atom. The van der Waals surface area contributed by atoms with E-state index in [2.05, 4.69) is 190 Å². The summed E-state index contributed by atoms with van der Waals surface area (Å²) >= 11 is 0. The van der Waals surface area contributed by atoms with Gasteiger partial charge in [0.2, 0.25) is 0 Å². The van der Waals surface area contributed by atoms with Crippen molar-refractivity contribution in [1.29, 1.82) is 0 Å². The molecule has 7 aromatic carbocycles. The van der Waals surface area contributed by atoms with Gasteiger partial charge in [-0.1, -0.05) is 181 Å². The molecule has 9 rings (SSSR count). The van der Waals surface area contributed by atoms with Crippen LogP contribution in [0.2, 0.25) is 0 Å². The maximum atomic E-state index is 5.45. The summed E-state index contributed by atoms with van der Waals surface area (Å²) in [6.07, 6.45) is 0. The molecule has 0 aliphatic carbocycles. The van der Waals surface area contributed by atoms with Gasteiger partial charge in [0.1, 0.15) is 0 Å². The molecule has 52 heavy (non-hydrogen) atoms. The Balaban J connectivity index is 1.20. The van der Waals surface area contributed by atoms with Crippen LogP contribution in [-0.2, 0) is 0 Å². The molecule has 0 saturated heterocycles. The fourth-order valence-electron chi connectivity index (χ4n) is 7.10. The van der Waals surface area contributed by atoms with Crippen LogP contribution in [0.25, 0.3) is 89.1 Å². The SMILES string of the molecule is Cc1ccc(-c2cc(-c3ccc(-c4cccc5c4nc(-c4ccccc4)c4cccc(-c6ccccc6)c45)cc3)nc(-c3ccc(C)cc3)n2)cc1. The zero-order valence-electron chi connectivity index (χ0n) is 29.1. The van der Waals surface area contributed by atoms with E-state index in [1.165, 1.54) is 27.6 Å². The second kappa shape index (κ2) is 13.2. The molecule has 0 saturated carbocycles. The van der Waals surface area contributed by atoms with E-state index in [4.69, 9.17) is 15.0 Å². The predicted octanol–water partition coefficient (Wildman–Crippen LogP) is 12.8. The van der Waals surface area contributed by atoms with E-state index in [0.717, 1.165) is 66.8 Å². The number of hydrogen-bond acceptors (Lipinski definition) is 3. The van der Waals surface area contributed by atoms with Crippen LogP contribution in [0.4, 0.5) is 0 Å². The second-order valence-electron chi connectivity index (χ2n) is 13.4. The molecule has 9 aromatic rings. The van der Waals surface area contributed by atoms with Crippen LogP contribution in [0.5, 0.6) is 0 Å². The first-order valence-electron chi connectivity index (χ1n) is 17.7. The first-order valence-corrected chi connectivity index (χ1v) is 17.7. The largest absolute Gasteiger partial charge is 0.246 e. The highest BCUT2D eigenvalue weighted by atomic mass is 14.9. The topological polar surface area (TPSA) is 38.7 Å². The molecule has 3 nitrogen and oxygen atoms in total. The average molecular weight is 666 g/mol. The maximum absolute atomic E-state index is 5.45. The van der Waals surface area contributed by atoms with Crippen LogP contribution in [0.3, 0.4) is 0 Å². The molecule has 0 aliphatic heterocycles. The molecule has 246 valence electrons. The molecule has 0 N–H and O–H groups in total. The van der Waals surface area contributed by atoms with Crippen LogP contribution in [-0.4, -0.2) is 15.0 Å². The lowest BCUT2D eigenvalue weighted by atomic mass is 9.91. The van der Waals surface area contributed by atoms with Crippen molar-refractivity contribution in [2.45, 2.75) is 13.8 Å². The normalized spacial score (nSPS) is 11.3. The Morgan fingerprint density at radius 1 is 0.346 bits per heavy atom. The van der Waals surface area contributed by atoms with Gasteiger partial charge in [0, 0.05) is 44.0 Å². The Kier molecular flexibility index (Phi) is 7.94. The number of benzene rings is 7. The molecule has 0 aliphatic rings. The summed E-state index contributed by atoms with van der Waals surface area (Å²) in [5, 5.41) is 3.49. The molecule has 2 aromatic heterocycles. The van der Waals surface area contributed by atoms with Gasteiger partial charge < -0.3 is 0 Å². The fraction of sp³-hybridized carbons (Fsp3) is 0.0408. The van der Waals surface area contributed by atoms with E-state index in [1.807, 2.05) is 0 Å². The van der Waals surface area contributed by atoms with Gasteiger partial charge in [-0.25, -0.2) is 15.0 Å². The van der Waals surface area contributed by atoms with Gasteiger partial charge in [0.05, 0.1) is 22.6 Å². The second-order valence-corrected chi connectivity index (χ2v) is 13.4. The highest BCUT2D eigenvalue weighted by Gasteiger charge is 2.17. The summed E-state index contributed by atoms with van der Waals surface area (Å²) < 4.78 is 0. The van der Waals surface area contributed by atoms with Crippen LogP contribution in [0.15, 0.2) is 176 Å². The van der Waals surface area contributed by atoms with Gasteiger partial charge in [-0.15, -0.1) is 0 Å². The zero-order valence-corrected chi connectivity index (χ0v) is 29.1. The van der Waals surface area contributed by atoms with Crippen molar-refractivity contribution in [1.82, 2.24) is 15.0 Å². The minimum atomic E-state index is 0.713. The molecule has 3 heteroatoms. The molecular formula is C49H35N3. The highest BCUT2D eigenvalue weighted by Crippen LogP contribution is 2.41. The van der Waals surface area contributed by atoms with E-state index >= 15 is 0 Å². The maximum Gasteiger partial charge on any atom is 0.160 e. The van der Waals surface area contributed by atoms with Crippen molar-refractivity contribution in [2.24, 2.45) is 0 Å². The van der Waals surface area contributed by atoms with Crippen molar-refractivity contribution in [3.8, 4) is 67.4 Å². The van der Waals surface area contributed by atoms with E-state index in [9.17, 15) is 0 Å². The molecule has 2 heterocycles. The Bertz CT molecular complexity index is 2640. The van der Waals surface area contributed by atoms with Crippen molar-refractivity contribution >= 4 is 21.7 Å². The Labute approximate surface area is 304 Å². The number of hydrogen-bond donors (Lipinski definition) is 0. The minimum absolute atomic E-state index is 0.713. The number of nitrogens with zero attached hydrogens (tertiary/aromatic N) is 3. The lowest BCUT2D eigenvalue weighted by Gasteiger charge is -2.16. The van der Waals surface area contributed by atoms with Gasteiger partial charge in [-0.3, -0.25) is 0 Å². The van der Waals surface area contributed by atoms with Crippen LogP contribution in [0, 0.1) is 13.8 Å². The predicted molar refractivity (Wildman–Crippen MR) is 217 cm³/mol. The number of aromatic nitrogens is 3. The molecule has 0 fully saturated rings. The van der Waals surface area contributed by atoms with Gasteiger partial charge in [0.25, 0.3) is 0 Å². The van der Waals surface area contributed by atoms with Crippen molar-refractivity contribution in [3.63, 3.8) is 0 Å². The minimum Gasteiger partial charge on any atom is -0.246 e. The summed E-state index contributed by atoms with van der Waals surface area (Å²) in [4.78, 5) is 15.6. The third-order valence-electron chi connectivity index (χ3n) is 9.86. The van der Waals surface area contributed by atoms with Crippen LogP contribution >= 0.6 is 0 Å². The first-order chi connectivity index (χ1) is 25.6. The fourth-order valence-corrected chi connectivity index (χ4v) is 7.10. The summed E-state index contributed by atoms with van der Waals surface area (Å²) in [6.45, 7) is 4.20. The van der Waals surface area contributed by atoms with E-state index in [-0.39, 0.29) is 0 Å². The lowest BCUT2D eigenvalue weighted by molar-refractivity contribution is 1.18. The number of rotatable bonds is 6. The smallest absolute Gasteiger partial charge is 0.160 e. The molecule has 0 atom stereocenters. The van der Waals surface area contributed by atoms with Crippen LogP contribution in [0.1, 0.15) is 11.1 Å². The van der Waals surface area contributed by atoms with Crippen molar-refractivity contribution < 1.29 is 0 Å². The highest BCUT2D eigenvalue weighted by molar-refractivity contribution is 6.19. The third kappa shape index (κ3) is 5.82. The van der Waals surface area contributed by atoms with Crippen molar-refractivity contribution in [2.75, 3.05) is 0 Å². The van der Waals surface area contributed by atoms with E-state index in [1.54, 1.807) is 0 Å². The average Bonchev–Trinajstić information content (AvgIpc) is 3.21. The number of aryl methyl sites for hydroxylation is 2. The lowest BCUT2D eigenvalue weighted by Crippen LogP contribution is -1.96. The Hall–Kier alpha value is -6.71. The van der Waals surface area contributed by atoms with E-state index in [0.29, 0.717) is 5.82 Å². The summed E-state index contributed by atoms with van der Waals surface area (Å²) in [6, 6.07) is 62.1. The monoisotopic (exact) mass is 665 g/mol. The number of pyridine rings is 1. The molecule has 0 amide bonds. The Morgan fingerprint density at radius 3 is 1.44 bits per heavy atom. The molecule has 0 unspecified atom stereocenters. The quantitative estimate of drug-likeness (QED) is 0.166. The van der Waals surface area contributed by atoms with Gasteiger partial charge in [-0.05, 0) is 36.6 Å². The standard InChI is InChI=1S/C49H35N3/c1-32-19-23-36(24-20-32)44-31-45(51-49(50-44)39-25-21-33(2)22-26-39)37-29-27-35(28-30-37)41-16-10-18-43-46-40(34-11-5-3-6-12-34)15-9-17-42(46)47(52-48(41)43)38-13-7-4-8-14-38/h3-31H,1-2H3. The van der Waals surface area contributed by atoms with Gasteiger partial charge in [0.15, 0.2) is 5.82 Å². The molecule has 0 bridgehead atoms. The van der Waals surface area contributed by atoms with Gasteiger partial charge >= 0.3 is 0 Å². The molecule has 0 spiro atoms. The first kappa shape index (κ1) is 31.3. The number of para-hydroxylation sites is 1. The zero-order chi connectivity index (χ0) is 35.0. The summed E-state index contributed by atoms with van der Waals surface area (Å²) in [7, 11) is 0. The summed E-state index contributed by atoms with van der Waals surface area (Å²) in [5.41, 5.74) is 14.9. The van der Waals surface area contributed by atoms with E-state index < -0.39 is 0 Å².